The molecule has 0 fully saturated rings. The van der Waals surface area contributed by atoms with Gasteiger partial charge in [0.15, 0.2) is 5.78 Å². The van der Waals surface area contributed by atoms with E-state index in [0.29, 0.717) is 6.42 Å². The predicted octanol–water partition coefficient (Wildman–Crippen LogP) is 3.04. The predicted molar refractivity (Wildman–Crippen MR) is 69.9 cm³/mol. The molecule has 0 amide bonds. The Balaban J connectivity index is 2.13. The van der Waals surface area contributed by atoms with Crippen molar-refractivity contribution < 1.29 is 4.79 Å². The number of nitrogens with zero attached hydrogens (tertiary/aromatic N) is 1. The maximum Gasteiger partial charge on any atom is 0.166 e. The van der Waals surface area contributed by atoms with Crippen LogP contribution in [0.25, 0.3) is 0 Å². The molecule has 1 aliphatic carbocycles. The molecule has 0 aliphatic heterocycles. The molecular formula is C15H17NO. The zero-order chi connectivity index (χ0) is 12.3. The lowest BCUT2D eigenvalue weighted by Gasteiger charge is -2.15. The quantitative estimate of drug-likeness (QED) is 0.737. The minimum absolute atomic E-state index is 0.198. The van der Waals surface area contributed by atoms with E-state index in [4.69, 9.17) is 0 Å². The number of rotatable bonds is 4. The van der Waals surface area contributed by atoms with Gasteiger partial charge in [0.05, 0.1) is 0 Å². The first-order chi connectivity index (χ1) is 8.18. The van der Waals surface area contributed by atoms with Crippen molar-refractivity contribution in [1.29, 1.82) is 0 Å². The van der Waals surface area contributed by atoms with E-state index in [1.165, 1.54) is 11.3 Å². The first-order valence-electron chi connectivity index (χ1n) is 5.82. The van der Waals surface area contributed by atoms with Crippen LogP contribution in [-0.4, -0.2) is 24.8 Å². The Labute approximate surface area is 102 Å². The van der Waals surface area contributed by atoms with Crippen LogP contribution in [0.15, 0.2) is 53.8 Å². The van der Waals surface area contributed by atoms with Gasteiger partial charge in [-0.05, 0) is 18.1 Å². The van der Waals surface area contributed by atoms with E-state index in [0.717, 1.165) is 12.0 Å². The Bertz CT molecular complexity index is 469. The summed E-state index contributed by atoms with van der Waals surface area (Å²) in [5.74, 6) is 0.198. The molecule has 1 aromatic rings. The van der Waals surface area contributed by atoms with Gasteiger partial charge in [-0.25, -0.2) is 0 Å². The molecule has 0 spiro atoms. The van der Waals surface area contributed by atoms with Crippen molar-refractivity contribution in [2.24, 2.45) is 0 Å². The summed E-state index contributed by atoms with van der Waals surface area (Å²) in [7, 11) is 4.02. The van der Waals surface area contributed by atoms with E-state index in [9.17, 15) is 4.79 Å². The zero-order valence-electron chi connectivity index (χ0n) is 10.3. The lowest BCUT2D eigenvalue weighted by atomic mass is 10.0. The Morgan fingerprint density at radius 1 is 1.24 bits per heavy atom. The maximum absolute atomic E-state index is 12.1. The number of Topliss-reactive ketones (excluding diaryl/α,β-unsaturated/α-hetero) is 1. The van der Waals surface area contributed by atoms with E-state index in [2.05, 4.69) is 17.1 Å². The second kappa shape index (κ2) is 5.00. The molecule has 0 atom stereocenters. The second-order valence-electron chi connectivity index (χ2n) is 4.46. The molecule has 0 aromatic heterocycles. The lowest BCUT2D eigenvalue weighted by molar-refractivity contribution is 0.0992. The van der Waals surface area contributed by atoms with Gasteiger partial charge in [-0.3, -0.25) is 4.79 Å². The number of carbonyl (C=O) groups is 1. The summed E-state index contributed by atoms with van der Waals surface area (Å²) in [5, 5.41) is 0. The molecule has 2 nitrogen and oxygen atoms in total. The van der Waals surface area contributed by atoms with Crippen LogP contribution in [0, 0.1) is 0 Å². The first kappa shape index (κ1) is 11.6. The molecule has 2 heteroatoms. The molecule has 1 aliphatic rings. The molecule has 0 saturated carbocycles. The number of likely N-dealkylation sites (N-methyl/N-ethyl adjacent to an activating group) is 1. The maximum atomic E-state index is 12.1. The molecule has 0 N–H and O–H groups in total. The molecule has 1 aromatic carbocycles. The standard InChI is InChI=1S/C15H17NO/c1-16(2)14-10-6-9-13(14)11-15(17)12-7-4-3-5-8-12/h3-8,10H,9,11H2,1-2H3. The number of allylic oxidation sites excluding steroid dienone is 3. The fraction of sp³-hybridized carbons (Fsp3) is 0.267. The van der Waals surface area contributed by atoms with E-state index >= 15 is 0 Å². The summed E-state index contributed by atoms with van der Waals surface area (Å²) in [5.41, 5.74) is 3.18. The van der Waals surface area contributed by atoms with Crippen LogP contribution in [0.4, 0.5) is 0 Å². The third-order valence-electron chi connectivity index (χ3n) is 2.95. The molecule has 88 valence electrons. The van der Waals surface area contributed by atoms with Gasteiger partial charge in [0.25, 0.3) is 0 Å². The summed E-state index contributed by atoms with van der Waals surface area (Å²) in [6.45, 7) is 0. The van der Waals surface area contributed by atoms with Gasteiger partial charge in [0.1, 0.15) is 0 Å². The first-order valence-corrected chi connectivity index (χ1v) is 5.82. The number of carbonyl (C=O) groups excluding carboxylic acids is 1. The molecule has 2 rings (SSSR count). The van der Waals surface area contributed by atoms with Crippen LogP contribution >= 0.6 is 0 Å². The van der Waals surface area contributed by atoms with Crippen molar-refractivity contribution in [2.75, 3.05) is 14.1 Å². The van der Waals surface area contributed by atoms with Crippen molar-refractivity contribution in [3.05, 3.63) is 59.3 Å². The number of hydrogen-bond donors (Lipinski definition) is 0. The lowest BCUT2D eigenvalue weighted by Crippen LogP contribution is -2.11. The summed E-state index contributed by atoms with van der Waals surface area (Å²) in [4.78, 5) is 14.2. The summed E-state index contributed by atoms with van der Waals surface area (Å²) in [6.07, 6.45) is 5.62. The molecule has 0 saturated heterocycles. The van der Waals surface area contributed by atoms with E-state index < -0.39 is 0 Å². The minimum atomic E-state index is 0.198. The highest BCUT2D eigenvalue weighted by molar-refractivity contribution is 5.97. The molecule has 0 radical (unpaired) electrons. The van der Waals surface area contributed by atoms with Crippen LogP contribution in [0.5, 0.6) is 0 Å². The number of benzene rings is 1. The fourth-order valence-electron chi connectivity index (χ4n) is 2.08. The van der Waals surface area contributed by atoms with Crippen molar-refractivity contribution in [3.8, 4) is 0 Å². The molecular weight excluding hydrogens is 210 g/mol. The van der Waals surface area contributed by atoms with Crippen LogP contribution in [-0.2, 0) is 0 Å². The van der Waals surface area contributed by atoms with Crippen LogP contribution in [0.3, 0.4) is 0 Å². The Morgan fingerprint density at radius 3 is 2.59 bits per heavy atom. The van der Waals surface area contributed by atoms with Crippen molar-refractivity contribution in [2.45, 2.75) is 12.8 Å². The molecule has 0 heterocycles. The Hall–Kier alpha value is -1.83. The third-order valence-corrected chi connectivity index (χ3v) is 2.95. The van der Waals surface area contributed by atoms with Gasteiger partial charge >= 0.3 is 0 Å². The third kappa shape index (κ3) is 2.64. The van der Waals surface area contributed by atoms with E-state index in [1.54, 1.807) is 0 Å². The van der Waals surface area contributed by atoms with Crippen molar-refractivity contribution in [1.82, 2.24) is 4.90 Å². The topological polar surface area (TPSA) is 20.3 Å². The summed E-state index contributed by atoms with van der Waals surface area (Å²) < 4.78 is 0. The normalized spacial score (nSPS) is 14.2. The molecule has 17 heavy (non-hydrogen) atoms. The highest BCUT2D eigenvalue weighted by atomic mass is 16.1. The Morgan fingerprint density at radius 2 is 1.94 bits per heavy atom. The average molecular weight is 227 g/mol. The molecule has 0 unspecified atom stereocenters. The number of ketones is 1. The SMILES string of the molecule is CN(C)C1=C(CC(=O)c2ccccc2)CC=C1. The van der Waals surface area contributed by atoms with Gasteiger partial charge in [0.2, 0.25) is 0 Å². The fourth-order valence-corrected chi connectivity index (χ4v) is 2.08. The van der Waals surface area contributed by atoms with Crippen LogP contribution in [0.1, 0.15) is 23.2 Å². The van der Waals surface area contributed by atoms with Crippen LogP contribution < -0.4 is 0 Å². The van der Waals surface area contributed by atoms with E-state index in [1.807, 2.05) is 44.4 Å². The highest BCUT2D eigenvalue weighted by Crippen LogP contribution is 2.24. The van der Waals surface area contributed by atoms with Gasteiger partial charge in [-0.15, -0.1) is 0 Å². The zero-order valence-corrected chi connectivity index (χ0v) is 10.3. The monoisotopic (exact) mass is 227 g/mol. The highest BCUT2D eigenvalue weighted by Gasteiger charge is 2.15. The minimum Gasteiger partial charge on any atom is -0.378 e. The summed E-state index contributed by atoms with van der Waals surface area (Å²) >= 11 is 0. The second-order valence-corrected chi connectivity index (χ2v) is 4.46. The number of hydrogen-bond acceptors (Lipinski definition) is 2. The van der Waals surface area contributed by atoms with Gasteiger partial charge in [-0.1, -0.05) is 36.4 Å². The van der Waals surface area contributed by atoms with Gasteiger partial charge in [-0.2, -0.15) is 0 Å². The molecule has 0 bridgehead atoms. The van der Waals surface area contributed by atoms with E-state index in [-0.39, 0.29) is 5.78 Å². The van der Waals surface area contributed by atoms with Gasteiger partial charge in [0, 0.05) is 31.8 Å². The van der Waals surface area contributed by atoms with Crippen molar-refractivity contribution >= 4 is 5.78 Å². The summed E-state index contributed by atoms with van der Waals surface area (Å²) in [6, 6.07) is 9.49. The van der Waals surface area contributed by atoms with Crippen molar-refractivity contribution in [3.63, 3.8) is 0 Å². The van der Waals surface area contributed by atoms with Crippen LogP contribution in [0.2, 0.25) is 0 Å². The smallest absolute Gasteiger partial charge is 0.166 e. The van der Waals surface area contributed by atoms with Gasteiger partial charge < -0.3 is 4.90 Å². The largest absolute Gasteiger partial charge is 0.378 e. The Kier molecular flexibility index (Phi) is 3.43. The average Bonchev–Trinajstić information content (AvgIpc) is 2.78.